The van der Waals surface area contributed by atoms with Gasteiger partial charge in [-0.15, -0.1) is 0 Å². The first-order chi connectivity index (χ1) is 30.7. The molecule has 1 heterocycles. The van der Waals surface area contributed by atoms with E-state index in [9.17, 15) is 77.6 Å². The second-order valence-corrected chi connectivity index (χ2v) is 15.1. The molecule has 9 amide bonds. The van der Waals surface area contributed by atoms with Crippen LogP contribution in [0.25, 0.3) is 0 Å². The molecule has 1 aromatic heterocycles. The van der Waals surface area contributed by atoms with Crippen LogP contribution in [0.3, 0.4) is 0 Å². The molecule has 366 valence electrons. The zero-order valence-electron chi connectivity index (χ0n) is 36.0. The second kappa shape index (κ2) is 27.5. The monoisotopic (exact) mass is 940 g/mol. The van der Waals surface area contributed by atoms with Crippen LogP contribution in [-0.2, 0) is 68.7 Å². The van der Waals surface area contributed by atoms with Gasteiger partial charge in [0.1, 0.15) is 42.3 Å². The Bertz CT molecular complexity index is 1960. The van der Waals surface area contributed by atoms with E-state index >= 15 is 0 Å². The Morgan fingerprint density at radius 2 is 1.00 bits per heavy atom. The number of aliphatic carboxylic acids is 4. The van der Waals surface area contributed by atoms with Gasteiger partial charge in [-0.3, -0.25) is 62.3 Å². The molecule has 0 saturated heterocycles. The van der Waals surface area contributed by atoms with Crippen molar-refractivity contribution in [1.29, 1.82) is 0 Å². The fraction of sp³-hybridized carbons (Fsp3) is 0.568. The number of primary amides is 2. The average Bonchev–Trinajstić information content (AvgIpc) is 3.73. The van der Waals surface area contributed by atoms with Gasteiger partial charge in [-0.2, -0.15) is 0 Å². The van der Waals surface area contributed by atoms with Crippen molar-refractivity contribution < 1.29 is 82.8 Å². The van der Waals surface area contributed by atoms with Crippen molar-refractivity contribution in [1.82, 2.24) is 47.2 Å². The van der Waals surface area contributed by atoms with Crippen LogP contribution in [0, 0.1) is 5.92 Å². The predicted octanol–water partition coefficient (Wildman–Crippen LogP) is -6.22. The summed E-state index contributed by atoms with van der Waals surface area (Å²) >= 11 is 0. The minimum absolute atomic E-state index is 0.210. The van der Waals surface area contributed by atoms with Gasteiger partial charge >= 0.3 is 23.9 Å². The quantitative estimate of drug-likeness (QED) is 0.0329. The molecule has 29 nitrogen and oxygen atoms in total. The number of hydrogen-bond acceptors (Lipinski definition) is 15. The van der Waals surface area contributed by atoms with Crippen molar-refractivity contribution in [2.24, 2.45) is 23.1 Å². The Labute approximate surface area is 374 Å². The molecule has 0 radical (unpaired) electrons. The van der Waals surface area contributed by atoms with Crippen LogP contribution in [0.1, 0.15) is 77.8 Å². The highest BCUT2D eigenvalue weighted by Gasteiger charge is 2.36. The molecule has 0 bridgehead atoms. The van der Waals surface area contributed by atoms with Gasteiger partial charge in [0.25, 0.3) is 0 Å². The summed E-state index contributed by atoms with van der Waals surface area (Å²) in [6.07, 6.45) is -3.04. The Hall–Kier alpha value is -7.72. The number of carbonyl (C=O) groups excluding carboxylic acids is 9. The van der Waals surface area contributed by atoms with Gasteiger partial charge in [-0.1, -0.05) is 13.8 Å². The topological polar surface area (TPSA) is 494 Å². The molecule has 0 saturated carbocycles. The number of aromatic amines is 1. The third kappa shape index (κ3) is 21.1. The summed E-state index contributed by atoms with van der Waals surface area (Å²) < 4.78 is 0. The summed E-state index contributed by atoms with van der Waals surface area (Å²) in [5, 5.41) is 52.4. The number of carboxylic acid groups (broad SMARTS) is 4. The van der Waals surface area contributed by atoms with Gasteiger partial charge in [-0.25, -0.2) is 4.98 Å². The van der Waals surface area contributed by atoms with Crippen molar-refractivity contribution in [2.75, 3.05) is 0 Å². The highest BCUT2D eigenvalue weighted by molar-refractivity contribution is 5.99. The number of carboxylic acids is 4. The molecule has 8 atom stereocenters. The van der Waals surface area contributed by atoms with Crippen LogP contribution >= 0.6 is 0 Å². The molecule has 0 fully saturated rings. The van der Waals surface area contributed by atoms with Crippen LogP contribution in [0.5, 0.6) is 0 Å². The molecule has 0 aliphatic heterocycles. The van der Waals surface area contributed by atoms with E-state index in [1.54, 1.807) is 0 Å². The summed E-state index contributed by atoms with van der Waals surface area (Å²) in [5.41, 5.74) is 16.5. The van der Waals surface area contributed by atoms with E-state index in [1.165, 1.54) is 26.4 Å². The van der Waals surface area contributed by atoms with Crippen molar-refractivity contribution in [3.05, 3.63) is 18.2 Å². The van der Waals surface area contributed by atoms with Crippen molar-refractivity contribution in [2.45, 2.75) is 127 Å². The van der Waals surface area contributed by atoms with Crippen LogP contribution in [0.4, 0.5) is 0 Å². The highest BCUT2D eigenvalue weighted by Crippen LogP contribution is 2.10. The second-order valence-electron chi connectivity index (χ2n) is 15.1. The number of imidazole rings is 1. The van der Waals surface area contributed by atoms with Crippen molar-refractivity contribution in [3.8, 4) is 0 Å². The number of nitrogens with two attached hydrogens (primary N) is 3. The zero-order valence-corrected chi connectivity index (χ0v) is 36.0. The third-order valence-electron chi connectivity index (χ3n) is 9.24. The first kappa shape index (κ1) is 56.3. The SMILES string of the molecule is CC(NC(=O)C(CC(=O)O)NC(=O)C(Cc1cnc[nH]1)NC(=O)C(CCC(=O)O)NC(=O)C(NC(=O)C(CC(N)=O)NC(=O)C(CCC(N)=O)NC(=O)C(N)CCC(=O)O)C(C)C)C(=O)O. The molecule has 18 N–H and O–H groups in total. The number of carbonyl (C=O) groups is 13. The number of nitrogens with zero attached hydrogens (tertiary/aromatic N) is 1. The first-order valence-electron chi connectivity index (χ1n) is 20.0. The van der Waals surface area contributed by atoms with Gasteiger partial charge < -0.3 is 79.8 Å². The maximum absolute atomic E-state index is 13.8. The number of aromatic nitrogens is 2. The van der Waals surface area contributed by atoms with E-state index in [0.29, 0.717) is 0 Å². The molecular weight excluding hydrogens is 884 g/mol. The summed E-state index contributed by atoms with van der Waals surface area (Å²) in [6, 6.07) is -13.4. The summed E-state index contributed by atoms with van der Waals surface area (Å²) in [6.45, 7) is 3.92. The molecule has 0 aromatic carbocycles. The maximum atomic E-state index is 13.8. The summed E-state index contributed by atoms with van der Waals surface area (Å²) in [5.74, 6) is -16.8. The number of amides is 9. The van der Waals surface area contributed by atoms with Crippen LogP contribution < -0.4 is 54.4 Å². The zero-order chi connectivity index (χ0) is 50.4. The fourth-order valence-corrected chi connectivity index (χ4v) is 5.64. The maximum Gasteiger partial charge on any atom is 0.325 e. The lowest BCUT2D eigenvalue weighted by molar-refractivity contribution is -0.143. The molecule has 1 aromatic rings. The first-order valence-corrected chi connectivity index (χ1v) is 20.0. The largest absolute Gasteiger partial charge is 0.481 e. The highest BCUT2D eigenvalue weighted by atomic mass is 16.4. The Morgan fingerprint density at radius 3 is 1.47 bits per heavy atom. The van der Waals surface area contributed by atoms with Crippen molar-refractivity contribution in [3.63, 3.8) is 0 Å². The molecule has 0 aliphatic carbocycles. The summed E-state index contributed by atoms with van der Waals surface area (Å²) in [7, 11) is 0. The van der Waals surface area contributed by atoms with Gasteiger partial charge in [0.05, 0.1) is 25.2 Å². The number of H-pyrrole nitrogens is 1. The predicted molar refractivity (Wildman–Crippen MR) is 220 cm³/mol. The fourth-order valence-electron chi connectivity index (χ4n) is 5.64. The van der Waals surface area contributed by atoms with E-state index < -0.39 is 183 Å². The normalized spacial score (nSPS) is 14.5. The van der Waals surface area contributed by atoms with E-state index in [0.717, 1.165) is 6.92 Å². The lowest BCUT2D eigenvalue weighted by Gasteiger charge is -2.28. The van der Waals surface area contributed by atoms with E-state index in [-0.39, 0.29) is 12.1 Å². The number of nitrogens with one attached hydrogen (secondary N) is 8. The number of hydrogen-bond donors (Lipinski definition) is 15. The van der Waals surface area contributed by atoms with Gasteiger partial charge in [0, 0.05) is 37.6 Å². The standard InChI is InChI=1S/C37H56N12O17/c1-15(2)29(49-35(63)22(11-25(40)51)47-31(59)19(5-7-24(39)50)44-30(58)18(38)4-8-26(52)53)36(64)45-20(6-9-27(54)55)32(60)46-21(10-17-13-41-14-42-17)34(62)48-23(12-28(56)57)33(61)43-16(3)37(65)66/h13-16,18-23,29H,4-12,38H2,1-3H3,(H2,39,50)(H2,40,51)(H,41,42)(H,43,61)(H,44,58)(H,45,64)(H,46,60)(H,47,59)(H,48,62)(H,49,63)(H,52,53)(H,54,55)(H,56,57)(H,65,66). The Kier molecular flexibility index (Phi) is 23.4. The summed E-state index contributed by atoms with van der Waals surface area (Å²) in [4.78, 5) is 169. The molecule has 8 unspecified atom stereocenters. The number of rotatable bonds is 31. The lowest BCUT2D eigenvalue weighted by Crippen LogP contribution is -2.61. The minimum Gasteiger partial charge on any atom is -0.481 e. The van der Waals surface area contributed by atoms with Gasteiger partial charge in [0.2, 0.25) is 53.2 Å². The van der Waals surface area contributed by atoms with E-state index in [1.807, 2.05) is 5.32 Å². The van der Waals surface area contributed by atoms with Gasteiger partial charge in [0.15, 0.2) is 0 Å². The van der Waals surface area contributed by atoms with Crippen LogP contribution in [-0.4, -0.2) is 156 Å². The van der Waals surface area contributed by atoms with Crippen molar-refractivity contribution >= 4 is 77.0 Å². The lowest BCUT2D eigenvalue weighted by atomic mass is 10.0. The molecule has 0 aliphatic rings. The van der Waals surface area contributed by atoms with E-state index in [2.05, 4.69) is 41.9 Å². The third-order valence-corrected chi connectivity index (χ3v) is 9.24. The molecule has 29 heteroatoms. The minimum atomic E-state index is -1.87. The van der Waals surface area contributed by atoms with Crippen LogP contribution in [0.15, 0.2) is 12.5 Å². The van der Waals surface area contributed by atoms with E-state index in [4.69, 9.17) is 22.3 Å². The Morgan fingerprint density at radius 1 is 0.545 bits per heavy atom. The smallest absolute Gasteiger partial charge is 0.325 e. The van der Waals surface area contributed by atoms with Gasteiger partial charge in [-0.05, 0) is 32.1 Å². The molecule has 0 spiro atoms. The Balaban J connectivity index is 3.44. The molecule has 1 rings (SSSR count). The molecular formula is C37H56N12O17. The average molecular weight is 941 g/mol. The van der Waals surface area contributed by atoms with Crippen LogP contribution in [0.2, 0.25) is 0 Å². The molecule has 66 heavy (non-hydrogen) atoms.